The van der Waals surface area contributed by atoms with Crippen molar-refractivity contribution in [1.82, 2.24) is 14.1 Å². The van der Waals surface area contributed by atoms with Crippen LogP contribution in [0.5, 0.6) is 0 Å². The molecule has 0 spiro atoms. The third-order valence-corrected chi connectivity index (χ3v) is 5.54. The number of allylic oxidation sites excluding steroid dienone is 1. The van der Waals surface area contributed by atoms with Gasteiger partial charge in [0.05, 0.1) is 24.2 Å². The normalized spacial score (nSPS) is 12.0. The molecule has 2 aromatic rings. The van der Waals surface area contributed by atoms with Crippen LogP contribution in [0.2, 0.25) is 0 Å². The van der Waals surface area contributed by atoms with E-state index in [4.69, 9.17) is 4.42 Å². The number of hydrogen-bond acceptors (Lipinski definition) is 4. The fourth-order valence-electron chi connectivity index (χ4n) is 2.35. The Morgan fingerprint density at radius 1 is 1.45 bits per heavy atom. The van der Waals surface area contributed by atoms with Crippen LogP contribution < -0.4 is 0 Å². The molecule has 0 aliphatic carbocycles. The Hall–Kier alpha value is -1.86. The topological polar surface area (TPSA) is 68.3 Å². The van der Waals surface area contributed by atoms with Gasteiger partial charge in [-0.2, -0.15) is 9.40 Å². The summed E-state index contributed by atoms with van der Waals surface area (Å²) in [5.74, 6) is 0.598. The largest absolute Gasteiger partial charge is 0.468 e. The van der Waals surface area contributed by atoms with Crippen LogP contribution in [0.25, 0.3) is 0 Å². The fourth-order valence-corrected chi connectivity index (χ4v) is 3.85. The molecule has 0 saturated heterocycles. The zero-order valence-electron chi connectivity index (χ0n) is 13.1. The summed E-state index contributed by atoms with van der Waals surface area (Å²) in [6, 6.07) is 3.48. The van der Waals surface area contributed by atoms with E-state index in [0.29, 0.717) is 23.7 Å². The number of nitrogens with zero attached hydrogens (tertiary/aromatic N) is 3. The van der Waals surface area contributed by atoms with Crippen molar-refractivity contribution in [3.63, 3.8) is 0 Å². The van der Waals surface area contributed by atoms with E-state index in [0.717, 1.165) is 6.42 Å². The Bertz CT molecular complexity index is 745. The van der Waals surface area contributed by atoms with Gasteiger partial charge >= 0.3 is 0 Å². The summed E-state index contributed by atoms with van der Waals surface area (Å²) >= 11 is 0. The van der Waals surface area contributed by atoms with Gasteiger partial charge in [-0.25, -0.2) is 8.42 Å². The number of rotatable bonds is 7. The number of furan rings is 1. The lowest BCUT2D eigenvalue weighted by molar-refractivity contribution is 0.406. The summed E-state index contributed by atoms with van der Waals surface area (Å²) in [5.41, 5.74) is 1.15. The van der Waals surface area contributed by atoms with Crippen LogP contribution in [-0.4, -0.2) is 29.6 Å². The molecule has 0 atom stereocenters. The molecule has 2 heterocycles. The highest BCUT2D eigenvalue weighted by Crippen LogP contribution is 2.24. The molecule has 22 heavy (non-hydrogen) atoms. The number of aromatic nitrogens is 2. The van der Waals surface area contributed by atoms with E-state index in [1.165, 1.54) is 17.6 Å². The summed E-state index contributed by atoms with van der Waals surface area (Å²) in [5, 5.41) is 4.33. The summed E-state index contributed by atoms with van der Waals surface area (Å²) in [4.78, 5) is 0.269. The highest BCUT2D eigenvalue weighted by atomic mass is 32.2. The van der Waals surface area contributed by atoms with Gasteiger partial charge in [0.15, 0.2) is 0 Å². The van der Waals surface area contributed by atoms with E-state index >= 15 is 0 Å². The van der Waals surface area contributed by atoms with Crippen LogP contribution >= 0.6 is 0 Å². The average Bonchev–Trinajstić information content (AvgIpc) is 3.05. The highest BCUT2D eigenvalue weighted by Gasteiger charge is 2.29. The first-order valence-corrected chi connectivity index (χ1v) is 8.45. The van der Waals surface area contributed by atoms with Crippen molar-refractivity contribution in [2.75, 3.05) is 7.05 Å². The minimum absolute atomic E-state index is 0.187. The first-order valence-electron chi connectivity index (χ1n) is 7.01. The molecule has 0 amide bonds. The van der Waals surface area contributed by atoms with Crippen molar-refractivity contribution in [1.29, 1.82) is 0 Å². The lowest BCUT2D eigenvalue weighted by Gasteiger charge is -2.16. The summed E-state index contributed by atoms with van der Waals surface area (Å²) in [6.45, 7) is 7.97. The van der Waals surface area contributed by atoms with Crippen molar-refractivity contribution in [3.05, 3.63) is 48.2 Å². The second kappa shape index (κ2) is 6.50. The molecule has 0 saturated carbocycles. The molecule has 0 bridgehead atoms. The quantitative estimate of drug-likeness (QED) is 0.734. The molecular weight excluding hydrogens is 302 g/mol. The zero-order valence-corrected chi connectivity index (χ0v) is 13.9. The van der Waals surface area contributed by atoms with Crippen LogP contribution in [-0.2, 0) is 23.1 Å². The molecule has 6 nitrogen and oxygen atoms in total. The van der Waals surface area contributed by atoms with E-state index in [1.54, 1.807) is 36.7 Å². The number of hydrogen-bond donors (Lipinski definition) is 0. The second-order valence-electron chi connectivity index (χ2n) is 5.14. The molecule has 0 radical (unpaired) electrons. The van der Waals surface area contributed by atoms with Crippen LogP contribution in [0.3, 0.4) is 0 Å². The van der Waals surface area contributed by atoms with Crippen LogP contribution in [0.4, 0.5) is 0 Å². The van der Waals surface area contributed by atoms with Crippen LogP contribution in [0, 0.1) is 13.8 Å². The SMILES string of the molecule is C=CCCn1nc(C)c(S(=O)(=O)N(C)Cc2ccco2)c1C. The third kappa shape index (κ3) is 3.15. The molecule has 0 fully saturated rings. The Morgan fingerprint density at radius 2 is 2.18 bits per heavy atom. The van der Waals surface area contributed by atoms with E-state index in [2.05, 4.69) is 11.7 Å². The Morgan fingerprint density at radius 3 is 2.77 bits per heavy atom. The van der Waals surface area contributed by atoms with Gasteiger partial charge in [-0.1, -0.05) is 6.08 Å². The Balaban J connectivity index is 2.32. The predicted octanol–water partition coefficient (Wildman–Crippen LogP) is 2.49. The van der Waals surface area contributed by atoms with Crippen molar-refractivity contribution in [2.24, 2.45) is 0 Å². The predicted molar refractivity (Wildman–Crippen MR) is 83.9 cm³/mol. The van der Waals surface area contributed by atoms with E-state index in [9.17, 15) is 8.42 Å². The first-order chi connectivity index (χ1) is 10.4. The minimum Gasteiger partial charge on any atom is -0.468 e. The number of sulfonamides is 1. The maximum atomic E-state index is 12.8. The summed E-state index contributed by atoms with van der Waals surface area (Å²) in [6.07, 6.45) is 4.05. The van der Waals surface area contributed by atoms with Crippen molar-refractivity contribution < 1.29 is 12.8 Å². The summed E-state index contributed by atoms with van der Waals surface area (Å²) in [7, 11) is -2.08. The molecule has 2 aromatic heterocycles. The van der Waals surface area contributed by atoms with Gasteiger partial charge in [0.1, 0.15) is 10.7 Å². The van der Waals surface area contributed by atoms with Gasteiger partial charge in [-0.05, 0) is 32.4 Å². The van der Waals surface area contributed by atoms with Gasteiger partial charge in [-0.3, -0.25) is 4.68 Å². The highest BCUT2D eigenvalue weighted by molar-refractivity contribution is 7.89. The molecular formula is C15H21N3O3S. The first kappa shape index (κ1) is 16.5. The van der Waals surface area contributed by atoms with Crippen molar-refractivity contribution >= 4 is 10.0 Å². The molecule has 7 heteroatoms. The molecule has 120 valence electrons. The monoisotopic (exact) mass is 323 g/mol. The van der Waals surface area contributed by atoms with E-state index in [-0.39, 0.29) is 11.4 Å². The van der Waals surface area contributed by atoms with Gasteiger partial charge in [0.25, 0.3) is 0 Å². The van der Waals surface area contributed by atoms with Crippen LogP contribution in [0.1, 0.15) is 23.6 Å². The molecule has 0 aliphatic heterocycles. The molecule has 0 aliphatic rings. The second-order valence-corrected chi connectivity index (χ2v) is 7.12. The maximum absolute atomic E-state index is 12.8. The standard InChI is InChI=1S/C15H21N3O3S/c1-5-6-9-18-13(3)15(12(2)16-18)22(19,20)17(4)11-14-8-7-10-21-14/h5,7-8,10H,1,6,9,11H2,2-4H3. The number of aryl methyl sites for hydroxylation is 2. The van der Waals surface area contributed by atoms with Gasteiger partial charge in [0, 0.05) is 13.6 Å². The van der Waals surface area contributed by atoms with Gasteiger partial charge < -0.3 is 4.42 Å². The van der Waals surface area contributed by atoms with Crippen molar-refractivity contribution in [2.45, 2.75) is 38.3 Å². The van der Waals surface area contributed by atoms with Crippen molar-refractivity contribution in [3.8, 4) is 0 Å². The molecule has 0 N–H and O–H groups in total. The fraction of sp³-hybridized carbons (Fsp3) is 0.400. The van der Waals surface area contributed by atoms with E-state index < -0.39 is 10.0 Å². The van der Waals surface area contributed by atoms with E-state index in [1.807, 2.05) is 0 Å². The molecule has 0 aromatic carbocycles. The van der Waals surface area contributed by atoms with Gasteiger partial charge in [-0.15, -0.1) is 6.58 Å². The Labute approximate surface area is 131 Å². The summed E-state index contributed by atoms with van der Waals surface area (Å²) < 4.78 is 33.8. The lowest BCUT2D eigenvalue weighted by Crippen LogP contribution is -2.27. The zero-order chi connectivity index (χ0) is 16.3. The molecule has 0 unspecified atom stereocenters. The maximum Gasteiger partial charge on any atom is 0.246 e. The average molecular weight is 323 g/mol. The minimum atomic E-state index is -3.62. The third-order valence-electron chi connectivity index (χ3n) is 3.49. The lowest BCUT2D eigenvalue weighted by atomic mass is 10.4. The van der Waals surface area contributed by atoms with Gasteiger partial charge in [0.2, 0.25) is 10.0 Å². The van der Waals surface area contributed by atoms with Crippen LogP contribution in [0.15, 0.2) is 40.4 Å². The Kier molecular flexibility index (Phi) is 4.87. The smallest absolute Gasteiger partial charge is 0.246 e. The molecule has 2 rings (SSSR count).